The van der Waals surface area contributed by atoms with Gasteiger partial charge in [0.2, 0.25) is 5.95 Å². The molecule has 4 rings (SSSR count). The molecule has 3 aromatic heterocycles. The van der Waals surface area contributed by atoms with E-state index >= 15 is 0 Å². The van der Waals surface area contributed by atoms with Crippen LogP contribution in [0.2, 0.25) is 0 Å². The fourth-order valence-corrected chi connectivity index (χ4v) is 3.57. The van der Waals surface area contributed by atoms with E-state index in [2.05, 4.69) is 25.0 Å². The number of imidazole rings is 1. The molecule has 0 saturated carbocycles. The number of amides is 1. The molecule has 3 aromatic rings. The monoisotopic (exact) mass is 352 g/mol. The molecule has 9 heteroatoms. The smallest absolute Gasteiger partial charge is 0.269 e. The zero-order valence-corrected chi connectivity index (χ0v) is 14.9. The summed E-state index contributed by atoms with van der Waals surface area (Å²) < 4.78 is 3.66. The number of hydrogen-bond acceptors (Lipinski definition) is 6. The number of carbonyl (C=O) groups is 1. The molecular formula is C17H20N8O. The number of aromatic nitrogens is 6. The summed E-state index contributed by atoms with van der Waals surface area (Å²) in [7, 11) is 3.77. The Morgan fingerprint density at radius 1 is 1.23 bits per heavy atom. The predicted molar refractivity (Wildman–Crippen MR) is 95.4 cm³/mol. The number of anilines is 1. The van der Waals surface area contributed by atoms with Gasteiger partial charge >= 0.3 is 0 Å². The summed E-state index contributed by atoms with van der Waals surface area (Å²) in [6.07, 6.45) is 7.91. The largest absolute Gasteiger partial charge is 0.364 e. The number of hydrogen-bond donors (Lipinski definition) is 1. The summed E-state index contributed by atoms with van der Waals surface area (Å²) in [4.78, 5) is 27.2. The number of primary amides is 1. The van der Waals surface area contributed by atoms with Crippen LogP contribution in [0.15, 0.2) is 24.8 Å². The van der Waals surface area contributed by atoms with Crippen molar-refractivity contribution in [2.75, 3.05) is 11.4 Å². The molecule has 9 nitrogen and oxygen atoms in total. The molecule has 1 aliphatic heterocycles. The van der Waals surface area contributed by atoms with Crippen molar-refractivity contribution >= 4 is 11.9 Å². The second-order valence-electron chi connectivity index (χ2n) is 6.45. The lowest BCUT2D eigenvalue weighted by Crippen LogP contribution is -2.36. The fraction of sp³-hybridized carbons (Fsp3) is 0.353. The molecule has 0 bridgehead atoms. The second kappa shape index (κ2) is 5.94. The van der Waals surface area contributed by atoms with Gasteiger partial charge in [0.05, 0.1) is 11.6 Å². The summed E-state index contributed by atoms with van der Waals surface area (Å²) in [5, 5.41) is 4.29. The normalized spacial score (nSPS) is 16.6. The lowest BCUT2D eigenvalue weighted by Gasteiger charge is -2.33. The third-order valence-electron chi connectivity index (χ3n) is 4.89. The van der Waals surface area contributed by atoms with Gasteiger partial charge in [0.15, 0.2) is 5.69 Å². The minimum atomic E-state index is -0.512. The lowest BCUT2D eigenvalue weighted by molar-refractivity contribution is 0.0993. The van der Waals surface area contributed by atoms with E-state index in [-0.39, 0.29) is 6.04 Å². The van der Waals surface area contributed by atoms with Gasteiger partial charge in [0.25, 0.3) is 5.91 Å². The topological polar surface area (TPSA) is 108 Å². The summed E-state index contributed by atoms with van der Waals surface area (Å²) in [5.74, 6) is 0.913. The van der Waals surface area contributed by atoms with Gasteiger partial charge in [-0.05, 0) is 6.92 Å². The minimum absolute atomic E-state index is 0.0889. The van der Waals surface area contributed by atoms with E-state index in [1.54, 1.807) is 23.3 Å². The number of aryl methyl sites for hydroxylation is 2. The van der Waals surface area contributed by atoms with Crippen LogP contribution in [0, 0.1) is 0 Å². The highest BCUT2D eigenvalue weighted by molar-refractivity contribution is 5.93. The van der Waals surface area contributed by atoms with Gasteiger partial charge in [-0.2, -0.15) is 5.10 Å². The van der Waals surface area contributed by atoms with Crippen LogP contribution in [0.1, 0.15) is 34.7 Å². The van der Waals surface area contributed by atoms with Crippen LogP contribution in [-0.4, -0.2) is 41.8 Å². The van der Waals surface area contributed by atoms with Gasteiger partial charge in [-0.15, -0.1) is 0 Å². The quantitative estimate of drug-likeness (QED) is 0.748. The van der Waals surface area contributed by atoms with Crippen LogP contribution in [0.25, 0.3) is 11.4 Å². The van der Waals surface area contributed by atoms with Crippen LogP contribution < -0.4 is 10.6 Å². The molecule has 0 radical (unpaired) electrons. The van der Waals surface area contributed by atoms with Gasteiger partial charge < -0.3 is 15.2 Å². The van der Waals surface area contributed by atoms with Crippen LogP contribution in [0.3, 0.4) is 0 Å². The molecule has 1 aliphatic rings. The molecule has 134 valence electrons. The van der Waals surface area contributed by atoms with Gasteiger partial charge in [0.1, 0.15) is 5.82 Å². The van der Waals surface area contributed by atoms with Crippen LogP contribution in [0.4, 0.5) is 5.95 Å². The standard InChI is InChI=1S/C17H20N8O/c1-10-13-12(24(3)22-14(13)15(18)26)4-6-25(10)17-20-8-11(9-21-17)16-19-5-7-23(16)2/h5,7-10H,4,6H2,1-3H3,(H2,18,26). The van der Waals surface area contributed by atoms with E-state index in [1.165, 1.54) is 0 Å². The van der Waals surface area contributed by atoms with Crippen molar-refractivity contribution in [1.29, 1.82) is 0 Å². The Balaban J connectivity index is 1.67. The summed E-state index contributed by atoms with van der Waals surface area (Å²) in [6.45, 7) is 2.76. The molecule has 0 fully saturated rings. The first kappa shape index (κ1) is 16.2. The first-order chi connectivity index (χ1) is 12.5. The second-order valence-corrected chi connectivity index (χ2v) is 6.45. The average molecular weight is 352 g/mol. The van der Waals surface area contributed by atoms with Crippen LogP contribution in [-0.2, 0) is 20.5 Å². The number of carbonyl (C=O) groups excluding carboxylic acids is 1. The fourth-order valence-electron chi connectivity index (χ4n) is 3.57. The maximum absolute atomic E-state index is 11.8. The Hall–Kier alpha value is -3.23. The van der Waals surface area contributed by atoms with Crippen molar-refractivity contribution < 1.29 is 4.79 Å². The van der Waals surface area contributed by atoms with Gasteiger partial charge in [-0.1, -0.05) is 0 Å². The SMILES string of the molecule is CC1c2c(C(N)=O)nn(C)c2CCN1c1ncc(-c2nccn2C)cn1. The van der Waals surface area contributed by atoms with E-state index < -0.39 is 5.91 Å². The third-order valence-corrected chi connectivity index (χ3v) is 4.89. The van der Waals surface area contributed by atoms with E-state index in [0.29, 0.717) is 11.6 Å². The maximum Gasteiger partial charge on any atom is 0.269 e. The number of rotatable bonds is 3. The Morgan fingerprint density at radius 2 is 1.96 bits per heavy atom. The Labute approximate surface area is 150 Å². The zero-order chi connectivity index (χ0) is 18.4. The third kappa shape index (κ3) is 2.43. The Kier molecular flexibility index (Phi) is 3.71. The number of fused-ring (bicyclic) bond motifs is 1. The zero-order valence-electron chi connectivity index (χ0n) is 14.9. The van der Waals surface area contributed by atoms with Gasteiger partial charge in [0, 0.05) is 63.1 Å². The number of nitrogens with two attached hydrogens (primary N) is 1. The molecule has 0 spiro atoms. The summed E-state index contributed by atoms with van der Waals surface area (Å²) in [5.41, 5.74) is 8.59. The molecule has 2 N–H and O–H groups in total. The summed E-state index contributed by atoms with van der Waals surface area (Å²) in [6, 6.07) is -0.0889. The van der Waals surface area contributed by atoms with Crippen LogP contribution in [0.5, 0.6) is 0 Å². The predicted octanol–water partition coefficient (Wildman–Crippen LogP) is 0.833. The Morgan fingerprint density at radius 3 is 2.58 bits per heavy atom. The molecule has 26 heavy (non-hydrogen) atoms. The van der Waals surface area contributed by atoms with Crippen LogP contribution >= 0.6 is 0 Å². The van der Waals surface area contributed by atoms with Crippen molar-refractivity contribution in [3.8, 4) is 11.4 Å². The highest BCUT2D eigenvalue weighted by Crippen LogP contribution is 2.34. The molecule has 1 unspecified atom stereocenters. The molecule has 1 amide bonds. The first-order valence-electron chi connectivity index (χ1n) is 8.39. The first-order valence-corrected chi connectivity index (χ1v) is 8.39. The van der Waals surface area contributed by atoms with Crippen molar-refractivity contribution in [1.82, 2.24) is 29.3 Å². The van der Waals surface area contributed by atoms with E-state index in [4.69, 9.17) is 5.73 Å². The van der Waals surface area contributed by atoms with Gasteiger partial charge in [-0.25, -0.2) is 15.0 Å². The van der Waals surface area contributed by atoms with E-state index in [9.17, 15) is 4.79 Å². The van der Waals surface area contributed by atoms with Gasteiger partial charge in [-0.3, -0.25) is 9.48 Å². The Bertz CT molecular complexity index is 971. The van der Waals surface area contributed by atoms with Crippen molar-refractivity contribution in [3.63, 3.8) is 0 Å². The molecule has 0 aromatic carbocycles. The molecule has 0 saturated heterocycles. The molecule has 0 aliphatic carbocycles. The number of nitrogens with zero attached hydrogens (tertiary/aromatic N) is 7. The van der Waals surface area contributed by atoms with E-state index in [1.807, 2.05) is 31.8 Å². The highest BCUT2D eigenvalue weighted by atomic mass is 16.1. The van der Waals surface area contributed by atoms with E-state index in [0.717, 1.165) is 35.6 Å². The van der Waals surface area contributed by atoms with Crippen molar-refractivity contribution in [2.24, 2.45) is 19.8 Å². The molecule has 1 atom stereocenters. The van der Waals surface area contributed by atoms with Crippen molar-refractivity contribution in [2.45, 2.75) is 19.4 Å². The highest BCUT2D eigenvalue weighted by Gasteiger charge is 2.33. The maximum atomic E-state index is 11.8. The lowest BCUT2D eigenvalue weighted by atomic mass is 9.97. The summed E-state index contributed by atoms with van der Waals surface area (Å²) >= 11 is 0. The van der Waals surface area contributed by atoms with Crippen molar-refractivity contribution in [3.05, 3.63) is 41.7 Å². The molecular weight excluding hydrogens is 332 g/mol. The average Bonchev–Trinajstić information content (AvgIpc) is 3.20. The minimum Gasteiger partial charge on any atom is -0.364 e. The molecule has 4 heterocycles.